The highest BCUT2D eigenvalue weighted by molar-refractivity contribution is 5.80. The zero-order chi connectivity index (χ0) is 17.9. The number of ether oxygens (including phenoxy) is 1. The summed E-state index contributed by atoms with van der Waals surface area (Å²) in [5, 5.41) is 5.02. The molecule has 134 valence electrons. The average molecular weight is 354 g/mol. The molecule has 0 bridgehead atoms. The molecule has 3 spiro atoms. The predicted molar refractivity (Wildman–Crippen MR) is 105 cm³/mol. The van der Waals surface area contributed by atoms with Gasteiger partial charge in [-0.2, -0.15) is 0 Å². The van der Waals surface area contributed by atoms with E-state index in [1.54, 1.807) is 12.7 Å². The number of rotatable bonds is 1. The van der Waals surface area contributed by atoms with Crippen LogP contribution in [-0.2, 0) is 24.7 Å². The third-order valence-corrected chi connectivity index (χ3v) is 8.43. The van der Waals surface area contributed by atoms with Crippen molar-refractivity contribution in [2.45, 2.75) is 24.7 Å². The molecule has 3 aromatic rings. The maximum atomic E-state index is 5.60. The van der Waals surface area contributed by atoms with Crippen LogP contribution in [0.4, 0.5) is 0 Å². The number of methoxy groups -OCH3 is 1. The lowest BCUT2D eigenvalue weighted by Crippen LogP contribution is -2.37. The van der Waals surface area contributed by atoms with Crippen LogP contribution in [-0.4, -0.2) is 25.2 Å². The topological polar surface area (TPSA) is 34.1 Å². The van der Waals surface area contributed by atoms with E-state index in [9.17, 15) is 0 Å². The molecule has 3 aliphatic carbocycles. The first-order chi connectivity index (χ1) is 13.2. The summed E-state index contributed by atoms with van der Waals surface area (Å²) in [6.07, 6.45) is 3.44. The van der Waals surface area contributed by atoms with Crippen LogP contribution < -0.4 is 10.1 Å². The lowest BCUT2D eigenvalue weighted by molar-refractivity contribution is 0.371. The number of pyridine rings is 1. The maximum Gasteiger partial charge on any atom is 0.119 e. The molecule has 1 saturated carbocycles. The molecule has 0 radical (unpaired) electrons. The van der Waals surface area contributed by atoms with Gasteiger partial charge in [-0.1, -0.05) is 24.3 Å². The van der Waals surface area contributed by atoms with E-state index in [1.165, 1.54) is 28.6 Å². The highest BCUT2D eigenvalue weighted by atomic mass is 16.5. The summed E-state index contributed by atoms with van der Waals surface area (Å²) in [7, 11) is 1.78. The molecule has 3 atom stereocenters. The second-order valence-electron chi connectivity index (χ2n) is 9.01. The van der Waals surface area contributed by atoms with E-state index in [2.05, 4.69) is 53.8 Å². The Morgan fingerprint density at radius 3 is 2.59 bits per heavy atom. The number of benzene rings is 2. The molecule has 4 aliphatic rings. The van der Waals surface area contributed by atoms with Crippen LogP contribution in [0.15, 0.2) is 48.5 Å². The van der Waals surface area contributed by atoms with Gasteiger partial charge >= 0.3 is 0 Å². The van der Waals surface area contributed by atoms with Crippen molar-refractivity contribution in [3.8, 4) is 5.75 Å². The molecule has 3 unspecified atom stereocenters. The lowest BCUT2D eigenvalue weighted by Gasteiger charge is -2.33. The number of piperidine rings is 1. The quantitative estimate of drug-likeness (QED) is 0.727. The van der Waals surface area contributed by atoms with Crippen molar-refractivity contribution in [2.24, 2.45) is 10.8 Å². The van der Waals surface area contributed by atoms with Crippen LogP contribution in [0.25, 0.3) is 10.9 Å². The van der Waals surface area contributed by atoms with E-state index in [-0.39, 0.29) is 5.41 Å². The lowest BCUT2D eigenvalue weighted by atomic mass is 9.73. The summed E-state index contributed by atoms with van der Waals surface area (Å²) in [6.45, 7) is 2.27. The fourth-order valence-electron chi connectivity index (χ4n) is 7.41. The van der Waals surface area contributed by atoms with Crippen LogP contribution in [0.3, 0.4) is 0 Å². The minimum atomic E-state index is 0.248. The second-order valence-corrected chi connectivity index (χ2v) is 9.01. The Morgan fingerprint density at radius 2 is 1.74 bits per heavy atom. The summed E-state index contributed by atoms with van der Waals surface area (Å²) in [5.74, 6) is 0.991. The molecule has 2 heterocycles. The van der Waals surface area contributed by atoms with Gasteiger partial charge in [0.05, 0.1) is 12.6 Å². The third-order valence-electron chi connectivity index (χ3n) is 8.43. The van der Waals surface area contributed by atoms with Gasteiger partial charge in [0, 0.05) is 46.8 Å². The summed E-state index contributed by atoms with van der Waals surface area (Å²) in [5.41, 5.74) is 7.97. The SMILES string of the molecule is COc1ccc2c(c1)C13Cc4nc5ccccc5cc4CC14CNCC43C2. The zero-order valence-electron chi connectivity index (χ0n) is 15.5. The Bertz CT molecular complexity index is 1150. The van der Waals surface area contributed by atoms with E-state index in [4.69, 9.17) is 9.72 Å². The van der Waals surface area contributed by atoms with Crippen molar-refractivity contribution in [3.05, 3.63) is 70.9 Å². The molecule has 1 saturated heterocycles. The number of fused-ring (bicyclic) bond motifs is 3. The minimum Gasteiger partial charge on any atom is -0.497 e. The van der Waals surface area contributed by atoms with E-state index in [0.717, 1.165) is 37.2 Å². The average Bonchev–Trinajstić information content (AvgIpc) is 2.95. The van der Waals surface area contributed by atoms with Crippen LogP contribution in [0.1, 0.15) is 22.4 Å². The number of nitrogens with one attached hydrogen (secondary N) is 1. The number of hydrogen-bond donors (Lipinski definition) is 1. The van der Waals surface area contributed by atoms with Gasteiger partial charge in [0.25, 0.3) is 0 Å². The Labute approximate surface area is 158 Å². The van der Waals surface area contributed by atoms with Crippen molar-refractivity contribution in [1.82, 2.24) is 10.3 Å². The Kier molecular flexibility index (Phi) is 2.36. The van der Waals surface area contributed by atoms with E-state index < -0.39 is 0 Å². The van der Waals surface area contributed by atoms with Gasteiger partial charge in [-0.05, 0) is 53.8 Å². The van der Waals surface area contributed by atoms with E-state index in [1.807, 2.05) is 0 Å². The summed E-state index contributed by atoms with van der Waals surface area (Å²) >= 11 is 0. The number of hydrogen-bond acceptors (Lipinski definition) is 3. The Hall–Kier alpha value is -2.39. The molecule has 1 aromatic heterocycles. The summed E-state index contributed by atoms with van der Waals surface area (Å²) < 4.78 is 5.60. The molecule has 1 aliphatic heterocycles. The molecule has 2 aromatic carbocycles. The van der Waals surface area contributed by atoms with Gasteiger partial charge in [0.2, 0.25) is 0 Å². The van der Waals surface area contributed by atoms with Gasteiger partial charge in [0.15, 0.2) is 0 Å². The minimum absolute atomic E-state index is 0.248. The number of para-hydroxylation sites is 1. The van der Waals surface area contributed by atoms with Crippen molar-refractivity contribution < 1.29 is 4.74 Å². The molecule has 27 heavy (non-hydrogen) atoms. The fourth-order valence-corrected chi connectivity index (χ4v) is 7.41. The van der Waals surface area contributed by atoms with Crippen molar-refractivity contribution in [3.63, 3.8) is 0 Å². The normalized spacial score (nSPS) is 34.4. The predicted octanol–water partition coefficient (Wildman–Crippen LogP) is 3.43. The van der Waals surface area contributed by atoms with Gasteiger partial charge < -0.3 is 10.1 Å². The highest BCUT2D eigenvalue weighted by Gasteiger charge is 2.90. The summed E-state index contributed by atoms with van der Waals surface area (Å²) in [4.78, 5) is 5.13. The second kappa shape index (κ2) is 4.36. The molecule has 3 nitrogen and oxygen atoms in total. The summed E-state index contributed by atoms with van der Waals surface area (Å²) in [6, 6.07) is 17.7. The van der Waals surface area contributed by atoms with Crippen molar-refractivity contribution in [2.75, 3.05) is 20.2 Å². The van der Waals surface area contributed by atoms with Gasteiger partial charge in [-0.15, -0.1) is 0 Å². The number of aromatic nitrogens is 1. The Morgan fingerprint density at radius 1 is 0.926 bits per heavy atom. The Balaban J connectivity index is 1.48. The van der Waals surface area contributed by atoms with Crippen molar-refractivity contribution in [1.29, 1.82) is 0 Å². The fraction of sp³-hybridized carbons (Fsp3) is 0.375. The smallest absolute Gasteiger partial charge is 0.119 e. The van der Waals surface area contributed by atoms with Crippen LogP contribution in [0, 0.1) is 10.8 Å². The highest BCUT2D eigenvalue weighted by Crippen LogP contribution is 2.87. The molecule has 1 N–H and O–H groups in total. The maximum absolute atomic E-state index is 5.60. The molecule has 3 heteroatoms. The monoisotopic (exact) mass is 354 g/mol. The van der Waals surface area contributed by atoms with Crippen LogP contribution >= 0.6 is 0 Å². The van der Waals surface area contributed by atoms with Gasteiger partial charge in [-0.25, -0.2) is 0 Å². The van der Waals surface area contributed by atoms with Crippen LogP contribution in [0.5, 0.6) is 5.75 Å². The van der Waals surface area contributed by atoms with Gasteiger partial charge in [0.1, 0.15) is 5.75 Å². The van der Waals surface area contributed by atoms with Crippen molar-refractivity contribution >= 4 is 10.9 Å². The largest absolute Gasteiger partial charge is 0.497 e. The zero-order valence-corrected chi connectivity index (χ0v) is 15.5. The third kappa shape index (κ3) is 1.37. The first-order valence-electron chi connectivity index (χ1n) is 9.99. The molecular weight excluding hydrogens is 332 g/mol. The first-order valence-corrected chi connectivity index (χ1v) is 9.99. The van der Waals surface area contributed by atoms with Gasteiger partial charge in [-0.3, -0.25) is 4.98 Å². The molecule has 0 amide bonds. The number of nitrogens with zero attached hydrogens (tertiary/aromatic N) is 1. The molecule has 7 rings (SSSR count). The first kappa shape index (κ1) is 14.6. The standard InChI is InChI=1S/C24H22N2O/c1-27-18-7-6-16-10-22-13-25-14-23(22)11-17-8-15-4-2-3-5-20(15)26-21(17)12-24(22,23)19(16)9-18/h2-9,25H,10-14H2,1H3. The molecule has 2 fully saturated rings. The van der Waals surface area contributed by atoms with E-state index in [0.29, 0.717) is 10.8 Å². The van der Waals surface area contributed by atoms with Crippen LogP contribution in [0.2, 0.25) is 0 Å². The molecular formula is C24H22N2O. The van der Waals surface area contributed by atoms with E-state index >= 15 is 0 Å².